The zero-order valence-corrected chi connectivity index (χ0v) is 30.0. The fourth-order valence-corrected chi connectivity index (χ4v) is 8.03. The van der Waals surface area contributed by atoms with E-state index < -0.39 is 8.07 Å². The predicted molar refractivity (Wildman–Crippen MR) is 183 cm³/mol. The molecule has 0 aliphatic heterocycles. The molecule has 0 saturated carbocycles. The van der Waals surface area contributed by atoms with Gasteiger partial charge in [-0.3, -0.25) is 14.5 Å². The molecule has 228 valence electrons. The molecule has 1 N–H and O–H groups in total. The summed E-state index contributed by atoms with van der Waals surface area (Å²) in [5.41, 5.74) is 6.17. The maximum absolute atomic E-state index is 11.9. The number of para-hydroxylation sites is 1. The zero-order valence-electron chi connectivity index (χ0n) is 26.8. The molecule has 3 aromatic carbocycles. The van der Waals surface area contributed by atoms with E-state index in [0.29, 0.717) is 5.75 Å². The number of phenolic OH excluding ortho intramolecular Hbond substituents is 1. The number of fused-ring (bicyclic) bond motifs is 3. The third-order valence-corrected chi connectivity index (χ3v) is 11.8. The van der Waals surface area contributed by atoms with Gasteiger partial charge < -0.3 is 5.11 Å². The maximum Gasteiger partial charge on any atom is 0.143 e. The van der Waals surface area contributed by atoms with E-state index in [-0.39, 0.29) is 31.9 Å². The molecular formula is C38H40N3OPtSi-. The molecular weight excluding hydrogens is 738 g/mol. The van der Waals surface area contributed by atoms with Gasteiger partial charge in [-0.1, -0.05) is 97.1 Å². The van der Waals surface area contributed by atoms with Gasteiger partial charge in [0, 0.05) is 48.9 Å². The molecule has 0 bridgehead atoms. The van der Waals surface area contributed by atoms with Crippen LogP contribution in [0.5, 0.6) is 5.75 Å². The molecule has 0 atom stereocenters. The van der Waals surface area contributed by atoms with Gasteiger partial charge in [0.05, 0.1) is 11.2 Å². The summed E-state index contributed by atoms with van der Waals surface area (Å²) in [6, 6.07) is 33.2. The van der Waals surface area contributed by atoms with E-state index in [4.69, 9.17) is 9.97 Å². The normalized spacial score (nSPS) is 12.5. The summed E-state index contributed by atoms with van der Waals surface area (Å²) in [6.45, 7) is 17.7. The van der Waals surface area contributed by atoms with Crippen molar-refractivity contribution in [3.63, 3.8) is 0 Å². The summed E-state index contributed by atoms with van der Waals surface area (Å²) in [5, 5.41) is 16.4. The maximum atomic E-state index is 11.9. The minimum absolute atomic E-state index is 0. The smallest absolute Gasteiger partial charge is 0.143 e. The van der Waals surface area contributed by atoms with Gasteiger partial charge >= 0.3 is 0 Å². The Labute approximate surface area is 276 Å². The van der Waals surface area contributed by atoms with Crippen LogP contribution in [-0.2, 0) is 31.9 Å². The fraction of sp³-hybridized carbons (Fsp3) is 0.263. The van der Waals surface area contributed by atoms with Crippen molar-refractivity contribution in [1.29, 1.82) is 0 Å². The topological polar surface area (TPSA) is 50.9 Å². The first kappa shape index (κ1) is 31.9. The van der Waals surface area contributed by atoms with Crippen molar-refractivity contribution in [3.8, 4) is 22.7 Å². The van der Waals surface area contributed by atoms with E-state index in [9.17, 15) is 5.11 Å². The Morgan fingerprint density at radius 3 is 2.18 bits per heavy atom. The first-order valence-electron chi connectivity index (χ1n) is 15.0. The minimum Gasteiger partial charge on any atom is -0.505 e. The number of phenols is 1. The Hall–Kier alpha value is -3.53. The number of hydrogen-bond acceptors (Lipinski definition) is 3. The first-order valence-corrected chi connectivity index (χ1v) is 18.0. The number of rotatable bonds is 4. The number of aromatic hydroxyl groups is 1. The number of benzene rings is 3. The van der Waals surface area contributed by atoms with Crippen molar-refractivity contribution in [2.24, 2.45) is 0 Å². The third kappa shape index (κ3) is 5.57. The van der Waals surface area contributed by atoms with E-state index in [1.165, 1.54) is 10.8 Å². The summed E-state index contributed by atoms with van der Waals surface area (Å²) in [5.74, 6) is 0.298. The molecule has 4 nitrogen and oxygen atoms in total. The van der Waals surface area contributed by atoms with Crippen LogP contribution < -0.4 is 10.5 Å². The predicted octanol–water partition coefficient (Wildman–Crippen LogP) is 8.16. The van der Waals surface area contributed by atoms with E-state index in [0.717, 1.165) is 49.8 Å². The molecule has 6 rings (SSSR count). The van der Waals surface area contributed by atoms with Crippen molar-refractivity contribution < 1.29 is 26.2 Å². The summed E-state index contributed by atoms with van der Waals surface area (Å²) < 4.78 is 2.14. The molecule has 0 saturated heterocycles. The summed E-state index contributed by atoms with van der Waals surface area (Å²) in [6.07, 6.45) is 1.87. The second-order valence-corrected chi connectivity index (χ2v) is 18.4. The van der Waals surface area contributed by atoms with E-state index in [1.54, 1.807) is 0 Å². The van der Waals surface area contributed by atoms with E-state index in [2.05, 4.69) is 144 Å². The van der Waals surface area contributed by atoms with Crippen LogP contribution in [0.25, 0.3) is 38.9 Å². The molecule has 3 aromatic heterocycles. The van der Waals surface area contributed by atoms with Gasteiger partial charge in [0.2, 0.25) is 0 Å². The molecule has 6 heteroatoms. The Balaban J connectivity index is 0.00000384. The van der Waals surface area contributed by atoms with Crippen molar-refractivity contribution in [3.05, 3.63) is 108 Å². The van der Waals surface area contributed by atoms with Crippen LogP contribution in [0.2, 0.25) is 13.1 Å². The average Bonchev–Trinajstić information content (AvgIpc) is 3.30. The quantitative estimate of drug-likeness (QED) is 0.145. The number of pyridine rings is 2. The second kappa shape index (κ2) is 11.4. The monoisotopic (exact) mass is 777 g/mol. The second-order valence-electron chi connectivity index (χ2n) is 14.1. The summed E-state index contributed by atoms with van der Waals surface area (Å²) in [4.78, 5) is 10.00. The summed E-state index contributed by atoms with van der Waals surface area (Å²) >= 11 is 0. The molecule has 0 amide bonds. The molecule has 0 radical (unpaired) electrons. The van der Waals surface area contributed by atoms with E-state index >= 15 is 0 Å². The van der Waals surface area contributed by atoms with Crippen LogP contribution in [0.15, 0.2) is 91.1 Å². The minimum atomic E-state index is -2.05. The van der Waals surface area contributed by atoms with Crippen LogP contribution in [0.4, 0.5) is 0 Å². The molecule has 44 heavy (non-hydrogen) atoms. The molecule has 0 unspecified atom stereocenters. The van der Waals surface area contributed by atoms with Crippen molar-refractivity contribution in [2.75, 3.05) is 0 Å². The van der Waals surface area contributed by atoms with Crippen LogP contribution in [0.3, 0.4) is 0 Å². The number of hydrogen-bond donors (Lipinski definition) is 1. The van der Waals surface area contributed by atoms with Gasteiger partial charge in [-0.05, 0) is 46.4 Å². The Bertz CT molecular complexity index is 1980. The summed E-state index contributed by atoms with van der Waals surface area (Å²) in [7, 11) is -2.05. The van der Waals surface area contributed by atoms with E-state index in [1.807, 2.05) is 12.3 Å². The molecule has 3 heterocycles. The molecule has 0 spiro atoms. The van der Waals surface area contributed by atoms with Gasteiger partial charge in [0.1, 0.15) is 19.5 Å². The van der Waals surface area contributed by atoms with Gasteiger partial charge in [-0.25, -0.2) is 0 Å². The SMILES string of the molecule is CC(C)(C)c1cc(-n2c3ccccc3c3ccc(-c4[c-]c([Si](C)(C)c5ccccn5)ccc4)nc32)c(O)c(C(C)(C)C)c1.[Pt]. The molecule has 0 aliphatic rings. The number of aromatic nitrogens is 3. The van der Waals surface area contributed by atoms with Crippen molar-refractivity contribution >= 4 is 40.5 Å². The van der Waals surface area contributed by atoms with Gasteiger partial charge in [-0.15, -0.1) is 35.0 Å². The van der Waals surface area contributed by atoms with Gasteiger partial charge in [0.25, 0.3) is 0 Å². The standard InChI is InChI=1S/C38H40N3OSi.Pt/c1-37(2,3)26-23-30(38(4,5)6)35(42)33(24-26)41-32-17-10-9-16-28(32)29-19-20-31(40-36(29)41)25-14-13-15-27(22-25)43(7,8)34-18-11-12-21-39-34;/h9-21,23-24,42H,1-8H3;/q-1;. The van der Waals surface area contributed by atoms with Crippen LogP contribution in [0, 0.1) is 6.07 Å². The van der Waals surface area contributed by atoms with Crippen molar-refractivity contribution in [2.45, 2.75) is 65.5 Å². The average molecular weight is 778 g/mol. The molecule has 0 aliphatic carbocycles. The van der Waals surface area contributed by atoms with Crippen LogP contribution in [-0.4, -0.2) is 27.7 Å². The fourth-order valence-electron chi connectivity index (χ4n) is 5.88. The van der Waals surface area contributed by atoms with Crippen LogP contribution in [0.1, 0.15) is 52.7 Å². The third-order valence-electron chi connectivity index (χ3n) is 8.58. The van der Waals surface area contributed by atoms with Crippen molar-refractivity contribution in [1.82, 2.24) is 14.5 Å². The Morgan fingerprint density at radius 1 is 0.773 bits per heavy atom. The zero-order chi connectivity index (χ0) is 30.7. The number of nitrogens with zero attached hydrogens (tertiary/aromatic N) is 3. The van der Waals surface area contributed by atoms with Gasteiger partial charge in [0.15, 0.2) is 0 Å². The largest absolute Gasteiger partial charge is 0.505 e. The molecule has 0 fully saturated rings. The Kier molecular flexibility index (Phi) is 8.28. The van der Waals surface area contributed by atoms with Crippen LogP contribution >= 0.6 is 0 Å². The first-order chi connectivity index (χ1) is 20.3. The Morgan fingerprint density at radius 2 is 1.50 bits per heavy atom. The molecule has 6 aromatic rings. The van der Waals surface area contributed by atoms with Gasteiger partial charge in [-0.2, -0.15) is 0 Å².